The molecule has 1 fully saturated rings. The Morgan fingerprint density at radius 1 is 1.18 bits per heavy atom. The Morgan fingerprint density at radius 3 is 2.59 bits per heavy atom. The van der Waals surface area contributed by atoms with Gasteiger partial charge in [0.05, 0.1) is 7.11 Å². The molecule has 0 radical (unpaired) electrons. The number of hydrogen-bond donors (Lipinski definition) is 1. The lowest BCUT2D eigenvalue weighted by molar-refractivity contribution is 0.415. The molecule has 0 aliphatic heterocycles. The van der Waals surface area contributed by atoms with Gasteiger partial charge in [0.15, 0.2) is 0 Å². The average Bonchev–Trinajstić information content (AvgIpc) is 2.99. The molecule has 2 aliphatic carbocycles. The topological polar surface area (TPSA) is 21.3 Å². The molecule has 0 heterocycles. The van der Waals surface area contributed by atoms with E-state index in [1.54, 1.807) is 7.11 Å². The van der Waals surface area contributed by atoms with Crippen LogP contribution >= 0.6 is 0 Å². The molecule has 17 heavy (non-hydrogen) atoms. The maximum atomic E-state index is 5.15. The van der Waals surface area contributed by atoms with Crippen LogP contribution in [0.1, 0.15) is 12.8 Å². The Morgan fingerprint density at radius 2 is 2.00 bits per heavy atom. The van der Waals surface area contributed by atoms with Gasteiger partial charge in [0.25, 0.3) is 0 Å². The van der Waals surface area contributed by atoms with Crippen molar-refractivity contribution in [3.8, 4) is 5.75 Å². The summed E-state index contributed by atoms with van der Waals surface area (Å²) in [5.74, 6) is 3.43. The van der Waals surface area contributed by atoms with E-state index in [2.05, 4.69) is 29.6 Å². The van der Waals surface area contributed by atoms with Crippen molar-refractivity contribution in [1.82, 2.24) is 0 Å². The summed E-state index contributed by atoms with van der Waals surface area (Å²) in [5.41, 5.74) is 1.19. The van der Waals surface area contributed by atoms with Gasteiger partial charge in [0.1, 0.15) is 5.75 Å². The zero-order chi connectivity index (χ0) is 11.7. The van der Waals surface area contributed by atoms with Crippen LogP contribution in [-0.2, 0) is 0 Å². The van der Waals surface area contributed by atoms with E-state index in [0.29, 0.717) is 0 Å². The van der Waals surface area contributed by atoms with Crippen LogP contribution in [0.3, 0.4) is 0 Å². The van der Waals surface area contributed by atoms with Crippen LogP contribution in [0, 0.1) is 17.8 Å². The molecule has 1 aromatic rings. The maximum Gasteiger partial charge on any atom is 0.119 e. The van der Waals surface area contributed by atoms with Gasteiger partial charge in [-0.2, -0.15) is 0 Å². The molecule has 0 aromatic heterocycles. The Hall–Kier alpha value is -1.44. The second kappa shape index (κ2) is 4.44. The first kappa shape index (κ1) is 10.7. The predicted octanol–water partition coefficient (Wildman–Crippen LogP) is 3.32. The normalized spacial score (nSPS) is 29.6. The molecule has 3 atom stereocenters. The van der Waals surface area contributed by atoms with E-state index in [0.717, 1.165) is 30.0 Å². The summed E-state index contributed by atoms with van der Waals surface area (Å²) in [6.07, 6.45) is 7.56. The minimum Gasteiger partial charge on any atom is -0.497 e. The van der Waals surface area contributed by atoms with Crippen LogP contribution < -0.4 is 10.1 Å². The van der Waals surface area contributed by atoms with Gasteiger partial charge < -0.3 is 10.1 Å². The van der Waals surface area contributed by atoms with Crippen LogP contribution in [0.15, 0.2) is 36.4 Å². The summed E-state index contributed by atoms with van der Waals surface area (Å²) >= 11 is 0. The molecule has 2 aliphatic rings. The number of benzene rings is 1. The summed E-state index contributed by atoms with van der Waals surface area (Å²) in [4.78, 5) is 0. The highest BCUT2D eigenvalue weighted by molar-refractivity contribution is 5.46. The lowest BCUT2D eigenvalue weighted by Crippen LogP contribution is -2.18. The first-order chi connectivity index (χ1) is 8.35. The summed E-state index contributed by atoms with van der Waals surface area (Å²) in [7, 11) is 1.70. The molecule has 0 unspecified atom stereocenters. The molecular weight excluding hydrogens is 210 g/mol. The fraction of sp³-hybridized carbons (Fsp3) is 0.467. The lowest BCUT2D eigenvalue weighted by Gasteiger charge is -2.19. The minimum atomic E-state index is 0.825. The van der Waals surface area contributed by atoms with Crippen molar-refractivity contribution >= 4 is 5.69 Å². The van der Waals surface area contributed by atoms with Crippen LogP contribution in [0.25, 0.3) is 0 Å². The number of rotatable bonds is 4. The van der Waals surface area contributed by atoms with Gasteiger partial charge in [-0.15, -0.1) is 0 Å². The number of hydrogen-bond acceptors (Lipinski definition) is 2. The summed E-state index contributed by atoms with van der Waals surface area (Å²) in [5, 5.41) is 3.53. The van der Waals surface area contributed by atoms with Crippen LogP contribution in [0.2, 0.25) is 0 Å². The highest BCUT2D eigenvalue weighted by atomic mass is 16.5. The van der Waals surface area contributed by atoms with E-state index in [9.17, 15) is 0 Å². The molecule has 90 valence electrons. The van der Waals surface area contributed by atoms with Gasteiger partial charge in [0, 0.05) is 12.2 Å². The molecule has 1 N–H and O–H groups in total. The molecule has 1 saturated carbocycles. The molecule has 0 saturated heterocycles. The van der Waals surface area contributed by atoms with Crippen molar-refractivity contribution < 1.29 is 4.74 Å². The highest BCUT2D eigenvalue weighted by Crippen LogP contribution is 2.43. The standard InChI is InChI=1S/C15H19NO/c1-17-15-6-4-14(5-7-15)16-10-13-9-11-2-3-12(13)8-11/h2-7,11-13,16H,8-10H2,1H3/t11-,12+,13+/m1/s1. The Kier molecular flexibility index (Phi) is 2.79. The van der Waals surface area contributed by atoms with E-state index in [1.165, 1.54) is 18.5 Å². The van der Waals surface area contributed by atoms with Crippen molar-refractivity contribution in [2.45, 2.75) is 12.8 Å². The first-order valence-electron chi connectivity index (χ1n) is 6.41. The molecule has 0 amide bonds. The van der Waals surface area contributed by atoms with Gasteiger partial charge in [-0.1, -0.05) is 12.2 Å². The van der Waals surface area contributed by atoms with Gasteiger partial charge in [-0.25, -0.2) is 0 Å². The highest BCUT2D eigenvalue weighted by Gasteiger charge is 2.35. The number of methoxy groups -OCH3 is 1. The van der Waals surface area contributed by atoms with Gasteiger partial charge >= 0.3 is 0 Å². The minimum absolute atomic E-state index is 0.825. The van der Waals surface area contributed by atoms with Crippen molar-refractivity contribution in [3.63, 3.8) is 0 Å². The number of anilines is 1. The average molecular weight is 229 g/mol. The third-order valence-corrected chi connectivity index (χ3v) is 4.07. The number of nitrogens with one attached hydrogen (secondary N) is 1. The van der Waals surface area contributed by atoms with Crippen molar-refractivity contribution in [1.29, 1.82) is 0 Å². The number of allylic oxidation sites excluding steroid dienone is 2. The maximum absolute atomic E-state index is 5.15. The van der Waals surface area contributed by atoms with E-state index in [-0.39, 0.29) is 0 Å². The van der Waals surface area contributed by atoms with Gasteiger partial charge in [-0.05, 0) is 54.9 Å². The lowest BCUT2D eigenvalue weighted by atomic mass is 9.93. The van der Waals surface area contributed by atoms with Crippen molar-refractivity contribution in [2.24, 2.45) is 17.8 Å². The molecule has 1 aromatic carbocycles. The molecule has 2 bridgehead atoms. The third kappa shape index (κ3) is 2.17. The van der Waals surface area contributed by atoms with Crippen LogP contribution in [0.5, 0.6) is 5.75 Å². The Bertz CT molecular complexity index is 409. The third-order valence-electron chi connectivity index (χ3n) is 4.07. The molecular formula is C15H19NO. The fourth-order valence-electron chi connectivity index (χ4n) is 3.09. The predicted molar refractivity (Wildman–Crippen MR) is 70.3 cm³/mol. The number of fused-ring (bicyclic) bond motifs is 2. The van der Waals surface area contributed by atoms with Gasteiger partial charge in [0.2, 0.25) is 0 Å². The van der Waals surface area contributed by atoms with E-state index >= 15 is 0 Å². The van der Waals surface area contributed by atoms with Crippen molar-refractivity contribution in [2.75, 3.05) is 19.0 Å². The van der Waals surface area contributed by atoms with Gasteiger partial charge in [-0.3, -0.25) is 0 Å². The summed E-state index contributed by atoms with van der Waals surface area (Å²) in [6.45, 7) is 1.10. The quantitative estimate of drug-likeness (QED) is 0.800. The summed E-state index contributed by atoms with van der Waals surface area (Å²) in [6, 6.07) is 8.18. The molecule has 2 heteroatoms. The zero-order valence-electron chi connectivity index (χ0n) is 10.2. The van der Waals surface area contributed by atoms with Crippen LogP contribution in [-0.4, -0.2) is 13.7 Å². The largest absolute Gasteiger partial charge is 0.497 e. The summed E-state index contributed by atoms with van der Waals surface area (Å²) < 4.78 is 5.15. The second-order valence-corrected chi connectivity index (χ2v) is 5.15. The van der Waals surface area contributed by atoms with E-state index in [1.807, 2.05) is 12.1 Å². The smallest absolute Gasteiger partial charge is 0.119 e. The molecule has 3 rings (SSSR count). The fourth-order valence-corrected chi connectivity index (χ4v) is 3.09. The van der Waals surface area contributed by atoms with Crippen molar-refractivity contribution in [3.05, 3.63) is 36.4 Å². The zero-order valence-corrected chi connectivity index (χ0v) is 10.2. The monoisotopic (exact) mass is 229 g/mol. The Balaban J connectivity index is 1.55. The first-order valence-corrected chi connectivity index (χ1v) is 6.41. The van der Waals surface area contributed by atoms with E-state index in [4.69, 9.17) is 4.74 Å². The Labute approximate surface area is 103 Å². The number of ether oxygens (including phenoxy) is 1. The SMILES string of the molecule is COc1ccc(NC[C@@H]2C[C@@H]3C=C[C@H]2C3)cc1. The second-order valence-electron chi connectivity index (χ2n) is 5.15. The van der Waals surface area contributed by atoms with E-state index < -0.39 is 0 Å². The molecule has 2 nitrogen and oxygen atoms in total. The van der Waals surface area contributed by atoms with Crippen LogP contribution in [0.4, 0.5) is 5.69 Å². The molecule has 0 spiro atoms.